The van der Waals surface area contributed by atoms with E-state index in [4.69, 9.17) is 0 Å². The zero-order chi connectivity index (χ0) is 0. The fourth-order valence-electron chi connectivity index (χ4n) is 0. The van der Waals surface area contributed by atoms with Gasteiger partial charge in [-0.25, -0.2) is 0 Å². The fourth-order valence-corrected chi connectivity index (χ4v) is 0. The first-order chi connectivity index (χ1) is 0. The van der Waals surface area contributed by atoms with E-state index in [1.807, 2.05) is 0 Å². The summed E-state index contributed by atoms with van der Waals surface area (Å²) in [7, 11) is 0. The van der Waals surface area contributed by atoms with Gasteiger partial charge >= 0.3 is 0 Å². The van der Waals surface area contributed by atoms with E-state index in [1.165, 1.54) is 0 Å². The normalized spacial score (nSPS) is 0. The average molecular weight is 426 g/mol. The van der Waals surface area contributed by atoms with Crippen molar-refractivity contribution in [1.29, 1.82) is 0 Å². The van der Waals surface area contributed by atoms with Crippen LogP contribution in [-0.2, 0) is 20.4 Å². The molecule has 0 unspecified atom stereocenters. The molecule has 0 aliphatic heterocycles. The molecule has 0 nitrogen and oxygen atoms in total. The van der Waals surface area contributed by atoms with Crippen molar-refractivity contribution in [2.24, 2.45) is 0 Å². The van der Waals surface area contributed by atoms with Crippen LogP contribution in [0, 0.1) is 0 Å². The minimum atomic E-state index is 0. The van der Waals surface area contributed by atoms with Gasteiger partial charge in [-0.15, -0.1) is 0 Å². The van der Waals surface area contributed by atoms with Gasteiger partial charge in [0.05, 0.1) is 0 Å². The van der Waals surface area contributed by atoms with Gasteiger partial charge in [0.2, 0.25) is 0 Å². The first-order valence-corrected chi connectivity index (χ1v) is 0. The Morgan fingerprint density at radius 3 is 0.400 bits per heavy atom. The van der Waals surface area contributed by atoms with Crippen molar-refractivity contribution in [2.45, 2.75) is 0 Å². The van der Waals surface area contributed by atoms with E-state index in [2.05, 4.69) is 0 Å². The van der Waals surface area contributed by atoms with Crippen LogP contribution >= 0.6 is 0 Å². The third-order valence-corrected chi connectivity index (χ3v) is 0. The quantitative estimate of drug-likeness (QED) is 0.338. The molecule has 0 atom stereocenters. The first-order valence-electron chi connectivity index (χ1n) is 0. The van der Waals surface area contributed by atoms with Gasteiger partial charge in [-0.1, -0.05) is 0 Å². The Morgan fingerprint density at radius 2 is 0.400 bits per heavy atom. The molecule has 0 saturated carbocycles. The van der Waals surface area contributed by atoms with Crippen LogP contribution in [0.5, 0.6) is 0 Å². The second kappa shape index (κ2) is 30.8. The predicted molar refractivity (Wildman–Crippen MR) is 0 cm³/mol. The van der Waals surface area contributed by atoms with Gasteiger partial charge in [-0.05, 0) is 0 Å². The molecule has 5 heteroatoms. The van der Waals surface area contributed by atoms with Crippen molar-refractivity contribution in [2.75, 3.05) is 0 Å². The molecule has 0 fully saturated rings. The molecule has 0 spiro atoms. The fraction of sp³-hybridized carbons (Fsp3) is 0. The van der Waals surface area contributed by atoms with Crippen LogP contribution in [0.15, 0.2) is 0 Å². The van der Waals surface area contributed by atoms with Crippen molar-refractivity contribution in [3.8, 4) is 0 Å². The maximum atomic E-state index is 0. The molecule has 0 bridgehead atoms. The molecule has 0 amide bonds. The second-order valence-corrected chi connectivity index (χ2v) is 0. The SMILES string of the molecule is [Br-].[Br-].[Br-].[Br-].[Pd]. The zero-order valence-corrected chi connectivity index (χ0v) is 9.73. The monoisotopic (exact) mass is 422 g/mol. The molecule has 0 aromatic carbocycles. The van der Waals surface area contributed by atoms with E-state index in [0.29, 0.717) is 0 Å². The maximum Gasteiger partial charge on any atom is 0 e. The van der Waals surface area contributed by atoms with Gasteiger partial charge in [0.25, 0.3) is 0 Å². The van der Waals surface area contributed by atoms with Gasteiger partial charge < -0.3 is 67.9 Å². The van der Waals surface area contributed by atoms with Crippen LogP contribution in [0.2, 0.25) is 0 Å². The Labute approximate surface area is 87.2 Å². The molecule has 0 rings (SSSR count). The Kier molecular flexibility index (Phi) is 303. The van der Waals surface area contributed by atoms with Crippen molar-refractivity contribution in [1.82, 2.24) is 0 Å². The van der Waals surface area contributed by atoms with Crippen LogP contribution < -0.4 is 67.9 Å². The van der Waals surface area contributed by atoms with E-state index in [9.17, 15) is 0 Å². The zero-order valence-electron chi connectivity index (χ0n) is 1.83. The Hall–Kier alpha value is 2.58. The second-order valence-electron chi connectivity index (χ2n) is 0. The van der Waals surface area contributed by atoms with E-state index < -0.39 is 0 Å². The van der Waals surface area contributed by atoms with E-state index in [-0.39, 0.29) is 88.3 Å². The summed E-state index contributed by atoms with van der Waals surface area (Å²) in [5, 5.41) is 0. The van der Waals surface area contributed by atoms with Crippen LogP contribution in [0.1, 0.15) is 0 Å². The summed E-state index contributed by atoms with van der Waals surface area (Å²) < 4.78 is 0. The average Bonchev–Trinajstić information content (AvgIpc) is 0. The summed E-state index contributed by atoms with van der Waals surface area (Å²) in [6.07, 6.45) is 0. The van der Waals surface area contributed by atoms with Gasteiger partial charge in [0.15, 0.2) is 0 Å². The van der Waals surface area contributed by atoms with Crippen LogP contribution in [0.25, 0.3) is 0 Å². The van der Waals surface area contributed by atoms with Crippen molar-refractivity contribution >= 4 is 0 Å². The van der Waals surface area contributed by atoms with Crippen LogP contribution in [0.4, 0.5) is 0 Å². The van der Waals surface area contributed by atoms with E-state index >= 15 is 0 Å². The topological polar surface area (TPSA) is 0 Å². The summed E-state index contributed by atoms with van der Waals surface area (Å²) in [5.74, 6) is 0. The van der Waals surface area contributed by atoms with Gasteiger partial charge in [-0.2, -0.15) is 0 Å². The molecule has 0 aliphatic carbocycles. The minimum absolute atomic E-state index is 0. The molecule has 0 saturated heterocycles. The van der Waals surface area contributed by atoms with Crippen LogP contribution in [-0.4, -0.2) is 0 Å². The molecule has 0 aliphatic rings. The molecule has 0 heterocycles. The Balaban J connectivity index is 0. The van der Waals surface area contributed by atoms with Gasteiger partial charge in [-0.3, -0.25) is 0 Å². The number of hydrogen-bond acceptors (Lipinski definition) is 0. The largest absolute Gasteiger partial charge is 1.00 e. The summed E-state index contributed by atoms with van der Waals surface area (Å²) >= 11 is 0. The molecular formula is Br4Pd-4. The molecule has 5 heavy (non-hydrogen) atoms. The minimum Gasteiger partial charge on any atom is -1.00 e. The number of hydrogen-bond donors (Lipinski definition) is 0. The summed E-state index contributed by atoms with van der Waals surface area (Å²) in [5.41, 5.74) is 0. The standard InChI is InChI=1S/4BrH.Pd/h4*1H;/p-4. The molecule has 0 aromatic rings. The summed E-state index contributed by atoms with van der Waals surface area (Å²) in [6.45, 7) is 0. The predicted octanol–water partition coefficient (Wildman–Crippen LogP) is -12.0. The van der Waals surface area contributed by atoms with Crippen molar-refractivity contribution < 1.29 is 88.3 Å². The maximum absolute atomic E-state index is 0. The molecule has 0 N–H and O–H groups in total. The molecule has 42 valence electrons. The first kappa shape index (κ1) is 49.3. The van der Waals surface area contributed by atoms with Crippen molar-refractivity contribution in [3.63, 3.8) is 0 Å². The van der Waals surface area contributed by atoms with Crippen molar-refractivity contribution in [3.05, 3.63) is 0 Å². The summed E-state index contributed by atoms with van der Waals surface area (Å²) in [6, 6.07) is 0. The number of halogens is 4. The smallest absolute Gasteiger partial charge is 0 e. The van der Waals surface area contributed by atoms with Gasteiger partial charge in [0.1, 0.15) is 0 Å². The third kappa shape index (κ3) is 20.7. The number of rotatable bonds is 0. The summed E-state index contributed by atoms with van der Waals surface area (Å²) in [4.78, 5) is 0. The van der Waals surface area contributed by atoms with Gasteiger partial charge in [0, 0.05) is 20.4 Å². The van der Waals surface area contributed by atoms with E-state index in [1.54, 1.807) is 0 Å². The molecule has 0 radical (unpaired) electrons. The Morgan fingerprint density at radius 1 is 0.400 bits per heavy atom. The van der Waals surface area contributed by atoms with E-state index in [0.717, 1.165) is 0 Å². The van der Waals surface area contributed by atoms with Crippen LogP contribution in [0.3, 0.4) is 0 Å². The third-order valence-electron chi connectivity index (χ3n) is 0. The molecule has 0 aromatic heterocycles. The Bertz CT molecular complexity index is 3.61. The molecular weight excluding hydrogens is 426 g/mol.